The summed E-state index contributed by atoms with van der Waals surface area (Å²) in [7, 11) is -2.05. The van der Waals surface area contributed by atoms with Gasteiger partial charge >= 0.3 is 0 Å². The molecule has 0 fully saturated rings. The number of ether oxygens (including phenoxy) is 2. The van der Waals surface area contributed by atoms with E-state index in [1.165, 1.54) is 24.3 Å². The van der Waals surface area contributed by atoms with Gasteiger partial charge in [-0.25, -0.2) is 12.8 Å². The number of benzene rings is 4. The number of fused-ring (bicyclic) bond motifs is 1. The number of aliphatic hydroxyl groups is 1. The molecule has 0 saturated heterocycles. The number of anilines is 1. The Morgan fingerprint density at radius 1 is 1.02 bits per heavy atom. The van der Waals surface area contributed by atoms with Crippen molar-refractivity contribution in [3.63, 3.8) is 0 Å². The highest BCUT2D eigenvalue weighted by Gasteiger charge is 2.34. The summed E-state index contributed by atoms with van der Waals surface area (Å²) in [4.78, 5) is 17.4. The lowest BCUT2D eigenvalue weighted by Gasteiger charge is -2.38. The van der Waals surface area contributed by atoms with Crippen LogP contribution in [0.1, 0.15) is 29.8 Å². The largest absolute Gasteiger partial charge is 0.488 e. The van der Waals surface area contributed by atoms with Crippen molar-refractivity contribution < 1.29 is 32.2 Å². The second-order valence-electron chi connectivity index (χ2n) is 11.6. The highest BCUT2D eigenvalue weighted by molar-refractivity contribution is 7.92. The predicted molar refractivity (Wildman–Crippen MR) is 174 cm³/mol. The number of hydrogen-bond donors (Lipinski definition) is 2. The molecule has 2 N–H and O–H groups in total. The highest BCUT2D eigenvalue weighted by atomic mass is 32.2. The summed E-state index contributed by atoms with van der Waals surface area (Å²) in [6.45, 7) is 5.05. The molecule has 1 aliphatic heterocycles. The maximum Gasteiger partial charge on any atom is 0.261 e. The molecule has 9 nitrogen and oxygen atoms in total. The van der Waals surface area contributed by atoms with Gasteiger partial charge in [0.05, 0.1) is 23.1 Å². The van der Waals surface area contributed by atoms with E-state index in [1.807, 2.05) is 68.6 Å². The summed E-state index contributed by atoms with van der Waals surface area (Å²) < 4.78 is 54.1. The van der Waals surface area contributed by atoms with E-state index in [2.05, 4.69) is 9.62 Å². The minimum atomic E-state index is -4.05. The molecule has 5 rings (SSSR count). The zero-order valence-corrected chi connectivity index (χ0v) is 26.8. The van der Waals surface area contributed by atoms with Crippen molar-refractivity contribution in [2.75, 3.05) is 31.5 Å². The number of likely N-dealkylation sites (N-methyl/N-ethyl adjacent to an activating group) is 1. The van der Waals surface area contributed by atoms with Crippen LogP contribution in [0.5, 0.6) is 17.2 Å². The van der Waals surface area contributed by atoms with Crippen molar-refractivity contribution in [3.8, 4) is 17.2 Å². The number of nitrogens with one attached hydrogen (secondary N) is 1. The van der Waals surface area contributed by atoms with Crippen LogP contribution in [0, 0.1) is 11.7 Å². The van der Waals surface area contributed by atoms with Gasteiger partial charge in [-0.2, -0.15) is 0 Å². The molecule has 0 bridgehead atoms. The first-order chi connectivity index (χ1) is 22.0. The fraction of sp³-hybridized carbons (Fsp3) is 0.286. The standard InChI is InChI=1S/C35H38FN3O6S/c1-24-20-39(25(2)23-40)35(41)32-19-28(37-46(42,43)31-16-11-27(36)12-17-31)13-18-33(32)45-34(24)22-38(3)21-26-9-14-30(15-10-26)44-29-7-5-4-6-8-29/h4-19,24-25,34,37,40H,20-23H2,1-3H3/t24-,25-,34+/m1/s1. The Balaban J connectivity index is 1.34. The Morgan fingerprint density at radius 2 is 1.70 bits per heavy atom. The van der Waals surface area contributed by atoms with Gasteiger partial charge in [0.15, 0.2) is 0 Å². The van der Waals surface area contributed by atoms with Crippen LogP contribution in [0.4, 0.5) is 10.1 Å². The number of para-hydroxylation sites is 1. The second kappa shape index (κ2) is 14.3. The molecule has 0 unspecified atom stereocenters. The minimum absolute atomic E-state index is 0.0909. The topological polar surface area (TPSA) is 108 Å². The van der Waals surface area contributed by atoms with Gasteiger partial charge in [-0.3, -0.25) is 14.4 Å². The first kappa shape index (κ1) is 32.9. The minimum Gasteiger partial charge on any atom is -0.488 e. The third-order valence-electron chi connectivity index (χ3n) is 7.89. The van der Waals surface area contributed by atoms with E-state index >= 15 is 0 Å². The van der Waals surface area contributed by atoms with E-state index in [1.54, 1.807) is 17.9 Å². The van der Waals surface area contributed by atoms with Gasteiger partial charge in [0.1, 0.15) is 29.2 Å². The van der Waals surface area contributed by atoms with E-state index in [9.17, 15) is 22.7 Å². The van der Waals surface area contributed by atoms with Crippen molar-refractivity contribution in [1.82, 2.24) is 9.80 Å². The number of sulfonamides is 1. The van der Waals surface area contributed by atoms with Crippen LogP contribution in [0.2, 0.25) is 0 Å². The van der Waals surface area contributed by atoms with Crippen LogP contribution in [0.15, 0.2) is 102 Å². The number of carbonyl (C=O) groups excluding carboxylic acids is 1. The molecule has 242 valence electrons. The highest BCUT2D eigenvalue weighted by Crippen LogP contribution is 2.32. The lowest BCUT2D eigenvalue weighted by atomic mass is 9.99. The molecule has 4 aromatic carbocycles. The van der Waals surface area contributed by atoms with Gasteiger partial charge < -0.3 is 19.5 Å². The van der Waals surface area contributed by atoms with Gasteiger partial charge in [-0.05, 0) is 86.3 Å². The summed E-state index contributed by atoms with van der Waals surface area (Å²) in [5, 5.41) is 9.97. The Labute approximate surface area is 269 Å². The monoisotopic (exact) mass is 647 g/mol. The Bertz CT molecular complexity index is 1740. The zero-order valence-electron chi connectivity index (χ0n) is 26.0. The molecule has 0 aromatic heterocycles. The molecule has 1 heterocycles. The molecule has 4 aromatic rings. The fourth-order valence-corrected chi connectivity index (χ4v) is 6.35. The van der Waals surface area contributed by atoms with Gasteiger partial charge in [-0.15, -0.1) is 0 Å². The van der Waals surface area contributed by atoms with Crippen LogP contribution >= 0.6 is 0 Å². The summed E-state index contributed by atoms with van der Waals surface area (Å²) in [6, 6.07) is 26.0. The van der Waals surface area contributed by atoms with Crippen molar-refractivity contribution in [2.24, 2.45) is 5.92 Å². The van der Waals surface area contributed by atoms with E-state index in [-0.39, 0.29) is 40.7 Å². The third-order valence-corrected chi connectivity index (χ3v) is 9.28. The van der Waals surface area contributed by atoms with Crippen LogP contribution in [-0.2, 0) is 16.6 Å². The van der Waals surface area contributed by atoms with E-state index in [0.29, 0.717) is 25.4 Å². The van der Waals surface area contributed by atoms with E-state index in [4.69, 9.17) is 9.47 Å². The number of rotatable bonds is 11. The van der Waals surface area contributed by atoms with Gasteiger partial charge in [0.25, 0.3) is 15.9 Å². The third kappa shape index (κ3) is 8.03. The normalized spacial score (nSPS) is 17.4. The van der Waals surface area contributed by atoms with Gasteiger partial charge in [-0.1, -0.05) is 37.3 Å². The molecule has 11 heteroatoms. The molecule has 0 aliphatic carbocycles. The second-order valence-corrected chi connectivity index (χ2v) is 13.3. The number of nitrogens with zero attached hydrogens (tertiary/aromatic N) is 2. The fourth-order valence-electron chi connectivity index (χ4n) is 5.30. The molecule has 46 heavy (non-hydrogen) atoms. The quantitative estimate of drug-likeness (QED) is 0.213. The van der Waals surface area contributed by atoms with Crippen LogP contribution in [-0.4, -0.2) is 68.1 Å². The maximum absolute atomic E-state index is 13.8. The summed E-state index contributed by atoms with van der Waals surface area (Å²) in [6.07, 6.45) is -0.326. The Hall–Kier alpha value is -4.45. The SMILES string of the molecule is C[C@@H]1CN([C@H](C)CO)C(=O)c2cc(NS(=O)(=O)c3ccc(F)cc3)ccc2O[C@H]1CN(C)Cc1ccc(Oc2ccccc2)cc1. The van der Waals surface area contributed by atoms with Crippen LogP contribution in [0.3, 0.4) is 0 Å². The first-order valence-corrected chi connectivity index (χ1v) is 16.5. The average Bonchev–Trinajstić information content (AvgIpc) is 3.04. The molecular weight excluding hydrogens is 609 g/mol. The molecule has 3 atom stereocenters. The molecule has 1 amide bonds. The van der Waals surface area contributed by atoms with Crippen molar-refractivity contribution in [2.45, 2.75) is 37.4 Å². The lowest BCUT2D eigenvalue weighted by molar-refractivity contribution is 0.0341. The number of halogens is 1. The van der Waals surface area contributed by atoms with Crippen LogP contribution in [0.25, 0.3) is 0 Å². The Kier molecular flexibility index (Phi) is 10.3. The first-order valence-electron chi connectivity index (χ1n) is 15.0. The smallest absolute Gasteiger partial charge is 0.261 e. The van der Waals surface area contributed by atoms with Crippen molar-refractivity contribution >= 4 is 21.6 Å². The maximum atomic E-state index is 13.8. The number of carbonyl (C=O) groups is 1. The molecule has 1 aliphatic rings. The average molecular weight is 648 g/mol. The molecular formula is C35H38FN3O6S. The number of hydrogen-bond acceptors (Lipinski definition) is 7. The zero-order chi connectivity index (χ0) is 32.8. The lowest BCUT2D eigenvalue weighted by Crippen LogP contribution is -2.49. The summed E-state index contributed by atoms with van der Waals surface area (Å²) in [5.74, 6) is 0.804. The molecule has 0 saturated carbocycles. The molecule has 0 radical (unpaired) electrons. The Morgan fingerprint density at radius 3 is 2.37 bits per heavy atom. The van der Waals surface area contributed by atoms with Gasteiger partial charge in [0.2, 0.25) is 0 Å². The number of aliphatic hydroxyl groups excluding tert-OH is 1. The summed E-state index contributed by atoms with van der Waals surface area (Å²) >= 11 is 0. The van der Waals surface area contributed by atoms with Crippen molar-refractivity contribution in [1.29, 1.82) is 0 Å². The van der Waals surface area contributed by atoms with E-state index in [0.717, 1.165) is 29.2 Å². The predicted octanol–water partition coefficient (Wildman–Crippen LogP) is 5.77. The van der Waals surface area contributed by atoms with Crippen LogP contribution < -0.4 is 14.2 Å². The van der Waals surface area contributed by atoms with Gasteiger partial charge in [0, 0.05) is 31.2 Å². The van der Waals surface area contributed by atoms with E-state index < -0.39 is 21.9 Å². The van der Waals surface area contributed by atoms with Crippen molar-refractivity contribution in [3.05, 3.63) is 114 Å². The summed E-state index contributed by atoms with van der Waals surface area (Å²) in [5.41, 5.74) is 1.41. The molecule has 0 spiro atoms. The number of amides is 1.